The molecule has 0 saturated heterocycles. The van der Waals surface area contributed by atoms with E-state index in [0.717, 1.165) is 0 Å². The van der Waals surface area contributed by atoms with Gasteiger partial charge >= 0.3 is 5.97 Å². The fraction of sp³-hybridized carbons (Fsp3) is 0.111. The van der Waals surface area contributed by atoms with Crippen molar-refractivity contribution in [1.29, 1.82) is 0 Å². The standard InChI is InChI=1S/C9H10N2O3/c10-7(12)9(11,8(13)14)6-4-2-1-3-5-6/h1-5H,11H2,(H2,10,12)(H,13,14). The Balaban J connectivity index is 3.27. The number of carbonyl (C=O) groups is 2. The smallest absolute Gasteiger partial charge is 0.338 e. The molecule has 0 heterocycles. The van der Waals surface area contributed by atoms with Crippen LogP contribution in [0, 0.1) is 0 Å². The van der Waals surface area contributed by atoms with Crippen LogP contribution in [0.3, 0.4) is 0 Å². The summed E-state index contributed by atoms with van der Waals surface area (Å²) in [5.41, 5.74) is 8.41. The predicted octanol–water partition coefficient (Wildman–Crippen LogP) is -0.589. The molecular formula is C9H10N2O3. The lowest BCUT2D eigenvalue weighted by atomic mass is 9.90. The molecule has 0 radical (unpaired) electrons. The van der Waals surface area contributed by atoms with Crippen molar-refractivity contribution in [3.8, 4) is 0 Å². The predicted molar refractivity (Wildman–Crippen MR) is 49.1 cm³/mol. The van der Waals surface area contributed by atoms with E-state index in [1.807, 2.05) is 0 Å². The molecule has 1 aromatic rings. The number of aliphatic carboxylic acids is 1. The normalized spacial score (nSPS) is 14.4. The topological polar surface area (TPSA) is 106 Å². The summed E-state index contributed by atoms with van der Waals surface area (Å²) in [6.07, 6.45) is 0. The first-order chi connectivity index (χ1) is 6.49. The van der Waals surface area contributed by atoms with E-state index in [9.17, 15) is 9.59 Å². The molecule has 0 aromatic heterocycles. The molecule has 0 bridgehead atoms. The molecule has 0 aliphatic rings. The van der Waals surface area contributed by atoms with E-state index < -0.39 is 17.4 Å². The van der Waals surface area contributed by atoms with E-state index in [4.69, 9.17) is 16.6 Å². The zero-order chi connectivity index (χ0) is 10.8. The summed E-state index contributed by atoms with van der Waals surface area (Å²) in [7, 11) is 0. The van der Waals surface area contributed by atoms with Gasteiger partial charge in [-0.25, -0.2) is 4.79 Å². The number of amides is 1. The van der Waals surface area contributed by atoms with Crippen LogP contribution in [0.5, 0.6) is 0 Å². The average Bonchev–Trinajstić information content (AvgIpc) is 2.17. The second-order valence-electron chi connectivity index (χ2n) is 2.84. The van der Waals surface area contributed by atoms with Crippen LogP contribution in [-0.2, 0) is 15.1 Å². The first kappa shape index (κ1) is 10.2. The van der Waals surface area contributed by atoms with E-state index in [-0.39, 0.29) is 5.56 Å². The van der Waals surface area contributed by atoms with Gasteiger partial charge in [-0.2, -0.15) is 0 Å². The monoisotopic (exact) mass is 194 g/mol. The van der Waals surface area contributed by atoms with Gasteiger partial charge in [0, 0.05) is 0 Å². The van der Waals surface area contributed by atoms with Crippen molar-refractivity contribution in [3.63, 3.8) is 0 Å². The van der Waals surface area contributed by atoms with Gasteiger partial charge in [-0.1, -0.05) is 30.3 Å². The van der Waals surface area contributed by atoms with Crippen LogP contribution in [0.4, 0.5) is 0 Å². The Kier molecular flexibility index (Phi) is 2.53. The maximum atomic E-state index is 11.0. The Hall–Kier alpha value is -1.88. The maximum Gasteiger partial charge on any atom is 0.338 e. The molecular weight excluding hydrogens is 184 g/mol. The first-order valence-electron chi connectivity index (χ1n) is 3.87. The Morgan fingerprint density at radius 2 is 1.71 bits per heavy atom. The second kappa shape index (κ2) is 3.47. The quantitative estimate of drug-likeness (QED) is 0.559. The van der Waals surface area contributed by atoms with Crippen LogP contribution in [0.25, 0.3) is 0 Å². The van der Waals surface area contributed by atoms with Crippen molar-refractivity contribution in [1.82, 2.24) is 0 Å². The van der Waals surface area contributed by atoms with Crippen molar-refractivity contribution in [3.05, 3.63) is 35.9 Å². The third-order valence-corrected chi connectivity index (χ3v) is 1.96. The highest BCUT2D eigenvalue weighted by Crippen LogP contribution is 2.17. The molecule has 0 aliphatic heterocycles. The van der Waals surface area contributed by atoms with E-state index in [0.29, 0.717) is 0 Å². The van der Waals surface area contributed by atoms with Crippen LogP contribution in [0.2, 0.25) is 0 Å². The Morgan fingerprint density at radius 1 is 1.21 bits per heavy atom. The highest BCUT2D eigenvalue weighted by Gasteiger charge is 2.42. The lowest BCUT2D eigenvalue weighted by molar-refractivity contribution is -0.148. The highest BCUT2D eigenvalue weighted by molar-refractivity contribution is 6.06. The zero-order valence-corrected chi connectivity index (χ0v) is 7.31. The van der Waals surface area contributed by atoms with Crippen molar-refractivity contribution < 1.29 is 14.7 Å². The third kappa shape index (κ3) is 1.45. The molecule has 1 unspecified atom stereocenters. The molecule has 1 amide bonds. The van der Waals surface area contributed by atoms with E-state index in [1.54, 1.807) is 18.2 Å². The zero-order valence-electron chi connectivity index (χ0n) is 7.31. The molecule has 0 spiro atoms. The molecule has 1 rings (SSSR count). The Labute approximate surface area is 80.3 Å². The SMILES string of the molecule is NC(=O)C(N)(C(=O)O)c1ccccc1. The molecule has 0 fully saturated rings. The maximum absolute atomic E-state index is 11.0. The number of carboxylic acids is 1. The number of carbonyl (C=O) groups excluding carboxylic acids is 1. The summed E-state index contributed by atoms with van der Waals surface area (Å²) >= 11 is 0. The first-order valence-corrected chi connectivity index (χ1v) is 3.87. The number of hydrogen-bond acceptors (Lipinski definition) is 3. The molecule has 0 aliphatic carbocycles. The van der Waals surface area contributed by atoms with Gasteiger partial charge in [0.1, 0.15) is 0 Å². The number of nitrogens with two attached hydrogens (primary N) is 2. The fourth-order valence-electron chi connectivity index (χ4n) is 1.07. The average molecular weight is 194 g/mol. The molecule has 5 N–H and O–H groups in total. The summed E-state index contributed by atoms with van der Waals surface area (Å²) in [6, 6.07) is 7.75. The summed E-state index contributed by atoms with van der Waals surface area (Å²) in [5, 5.41) is 8.83. The largest absolute Gasteiger partial charge is 0.479 e. The summed E-state index contributed by atoms with van der Waals surface area (Å²) in [4.78, 5) is 21.8. The molecule has 1 aromatic carbocycles. The third-order valence-electron chi connectivity index (χ3n) is 1.96. The molecule has 1 atom stereocenters. The Bertz CT molecular complexity index is 348. The van der Waals surface area contributed by atoms with Crippen molar-refractivity contribution in [2.75, 3.05) is 0 Å². The highest BCUT2D eigenvalue weighted by atomic mass is 16.4. The lowest BCUT2D eigenvalue weighted by Crippen LogP contribution is -2.55. The van der Waals surface area contributed by atoms with Crippen LogP contribution in [0.15, 0.2) is 30.3 Å². The fourth-order valence-corrected chi connectivity index (χ4v) is 1.07. The van der Waals surface area contributed by atoms with Crippen LogP contribution < -0.4 is 11.5 Å². The van der Waals surface area contributed by atoms with Gasteiger partial charge in [-0.05, 0) is 5.56 Å². The number of rotatable bonds is 3. The summed E-state index contributed by atoms with van der Waals surface area (Å²) in [5.74, 6) is -2.55. The second-order valence-corrected chi connectivity index (χ2v) is 2.84. The van der Waals surface area contributed by atoms with Crippen molar-refractivity contribution in [2.24, 2.45) is 11.5 Å². The van der Waals surface area contributed by atoms with Crippen molar-refractivity contribution >= 4 is 11.9 Å². The van der Waals surface area contributed by atoms with E-state index in [1.165, 1.54) is 12.1 Å². The molecule has 5 heteroatoms. The minimum absolute atomic E-state index is 0.167. The number of hydrogen-bond donors (Lipinski definition) is 3. The molecule has 74 valence electrons. The van der Waals surface area contributed by atoms with Gasteiger partial charge in [0.15, 0.2) is 0 Å². The van der Waals surface area contributed by atoms with Gasteiger partial charge in [-0.3, -0.25) is 4.79 Å². The van der Waals surface area contributed by atoms with Crippen LogP contribution in [-0.4, -0.2) is 17.0 Å². The Morgan fingerprint density at radius 3 is 2.07 bits per heavy atom. The minimum Gasteiger partial charge on any atom is -0.479 e. The van der Waals surface area contributed by atoms with Crippen LogP contribution >= 0.6 is 0 Å². The molecule has 5 nitrogen and oxygen atoms in total. The minimum atomic E-state index is -2.15. The van der Waals surface area contributed by atoms with Crippen LogP contribution in [0.1, 0.15) is 5.56 Å². The van der Waals surface area contributed by atoms with Gasteiger partial charge < -0.3 is 16.6 Å². The molecule has 0 saturated carbocycles. The van der Waals surface area contributed by atoms with Crippen molar-refractivity contribution in [2.45, 2.75) is 5.54 Å². The summed E-state index contributed by atoms with van der Waals surface area (Å²) < 4.78 is 0. The van der Waals surface area contributed by atoms with Gasteiger partial charge in [0.25, 0.3) is 5.91 Å². The van der Waals surface area contributed by atoms with Gasteiger partial charge in [0.2, 0.25) is 5.54 Å². The van der Waals surface area contributed by atoms with E-state index >= 15 is 0 Å². The molecule has 14 heavy (non-hydrogen) atoms. The number of primary amides is 1. The lowest BCUT2D eigenvalue weighted by Gasteiger charge is -2.20. The van der Waals surface area contributed by atoms with Gasteiger partial charge in [0.05, 0.1) is 0 Å². The number of benzene rings is 1. The van der Waals surface area contributed by atoms with Gasteiger partial charge in [-0.15, -0.1) is 0 Å². The summed E-state index contributed by atoms with van der Waals surface area (Å²) in [6.45, 7) is 0. The van der Waals surface area contributed by atoms with E-state index in [2.05, 4.69) is 0 Å². The number of carboxylic acid groups (broad SMARTS) is 1.